The van der Waals surface area contributed by atoms with E-state index in [-0.39, 0.29) is 6.03 Å². The smallest absolute Gasteiger partial charge is 0.321 e. The van der Waals surface area contributed by atoms with Crippen LogP contribution >= 0.6 is 0 Å². The summed E-state index contributed by atoms with van der Waals surface area (Å²) < 4.78 is 10.9. The van der Waals surface area contributed by atoms with Gasteiger partial charge in [0.1, 0.15) is 5.75 Å². The van der Waals surface area contributed by atoms with Gasteiger partial charge in [0.15, 0.2) is 0 Å². The third kappa shape index (κ3) is 5.80. The maximum Gasteiger partial charge on any atom is 0.321 e. The summed E-state index contributed by atoms with van der Waals surface area (Å²) in [5, 5.41) is 2.95. The van der Waals surface area contributed by atoms with Crippen molar-refractivity contribution in [1.82, 2.24) is 4.90 Å². The number of ether oxygens (including phenoxy) is 2. The van der Waals surface area contributed by atoms with E-state index in [0.717, 1.165) is 22.6 Å². The van der Waals surface area contributed by atoms with Crippen LogP contribution in [-0.4, -0.2) is 31.2 Å². The minimum absolute atomic E-state index is 0.155. The van der Waals surface area contributed by atoms with E-state index in [1.807, 2.05) is 62.4 Å². The number of para-hydroxylation sites is 1. The van der Waals surface area contributed by atoms with E-state index in [0.29, 0.717) is 26.4 Å². The molecule has 0 bridgehead atoms. The topological polar surface area (TPSA) is 50.8 Å². The Balaban J connectivity index is 1.96. The summed E-state index contributed by atoms with van der Waals surface area (Å²) in [7, 11) is 1.77. The molecule has 0 aromatic heterocycles. The van der Waals surface area contributed by atoms with Gasteiger partial charge >= 0.3 is 6.03 Å². The van der Waals surface area contributed by atoms with Crippen molar-refractivity contribution in [1.29, 1.82) is 0 Å². The molecular weight excluding hydrogens is 316 g/mol. The lowest BCUT2D eigenvalue weighted by Crippen LogP contribution is -2.31. The third-order valence-electron chi connectivity index (χ3n) is 3.72. The second-order valence-electron chi connectivity index (χ2n) is 5.66. The monoisotopic (exact) mass is 342 g/mol. The van der Waals surface area contributed by atoms with Gasteiger partial charge in [0.05, 0.1) is 13.2 Å². The number of hydrogen-bond acceptors (Lipinski definition) is 3. The molecule has 134 valence electrons. The zero-order valence-electron chi connectivity index (χ0n) is 15.1. The number of amides is 2. The van der Waals surface area contributed by atoms with E-state index < -0.39 is 0 Å². The lowest BCUT2D eigenvalue weighted by Gasteiger charge is -2.19. The van der Waals surface area contributed by atoms with Gasteiger partial charge in [-0.3, -0.25) is 0 Å². The third-order valence-corrected chi connectivity index (χ3v) is 3.72. The number of nitrogens with one attached hydrogen (secondary N) is 1. The molecule has 25 heavy (non-hydrogen) atoms. The molecule has 0 aliphatic heterocycles. The normalized spacial score (nSPS) is 10.4. The number of carbonyl (C=O) groups excluding carboxylic acids is 1. The molecule has 5 heteroatoms. The highest BCUT2D eigenvalue weighted by Crippen LogP contribution is 2.18. The molecule has 0 atom stereocenters. The molecule has 1 N–H and O–H groups in total. The zero-order valence-corrected chi connectivity index (χ0v) is 15.1. The van der Waals surface area contributed by atoms with Gasteiger partial charge in [-0.05, 0) is 37.6 Å². The molecule has 0 aliphatic carbocycles. The van der Waals surface area contributed by atoms with E-state index in [2.05, 4.69) is 5.32 Å². The average Bonchev–Trinajstić information content (AvgIpc) is 2.62. The van der Waals surface area contributed by atoms with Crippen LogP contribution in [0.15, 0.2) is 48.5 Å². The van der Waals surface area contributed by atoms with Crippen molar-refractivity contribution in [3.8, 4) is 5.75 Å². The van der Waals surface area contributed by atoms with Crippen LogP contribution < -0.4 is 10.1 Å². The van der Waals surface area contributed by atoms with Crippen LogP contribution in [-0.2, 0) is 17.9 Å². The molecule has 2 rings (SSSR count). The number of carbonyl (C=O) groups is 1. The molecule has 0 unspecified atom stereocenters. The first-order chi connectivity index (χ1) is 12.1. The average molecular weight is 342 g/mol. The Morgan fingerprint density at radius 1 is 1.04 bits per heavy atom. The second kappa shape index (κ2) is 9.69. The van der Waals surface area contributed by atoms with Crippen LogP contribution in [0.4, 0.5) is 10.5 Å². The predicted molar refractivity (Wildman–Crippen MR) is 99.9 cm³/mol. The molecule has 0 saturated heterocycles. The second-order valence-corrected chi connectivity index (χ2v) is 5.66. The largest absolute Gasteiger partial charge is 0.494 e. The Labute approximate surface area is 149 Å². The van der Waals surface area contributed by atoms with E-state index >= 15 is 0 Å². The highest BCUT2D eigenvalue weighted by Gasteiger charge is 2.11. The molecule has 0 saturated carbocycles. The van der Waals surface area contributed by atoms with Crippen LogP contribution in [0.25, 0.3) is 0 Å². The van der Waals surface area contributed by atoms with Crippen molar-refractivity contribution < 1.29 is 14.3 Å². The van der Waals surface area contributed by atoms with Crippen LogP contribution in [0.3, 0.4) is 0 Å². The number of rotatable bonds is 8. The molecule has 0 radical (unpaired) electrons. The fourth-order valence-electron chi connectivity index (χ4n) is 2.39. The number of nitrogens with zero attached hydrogens (tertiary/aromatic N) is 1. The summed E-state index contributed by atoms with van der Waals surface area (Å²) in [5.74, 6) is 0.836. The summed E-state index contributed by atoms with van der Waals surface area (Å²) in [6.07, 6.45) is 0. The van der Waals surface area contributed by atoms with Crippen molar-refractivity contribution in [3.63, 3.8) is 0 Å². The zero-order chi connectivity index (χ0) is 18.1. The highest BCUT2D eigenvalue weighted by molar-refractivity contribution is 5.89. The van der Waals surface area contributed by atoms with Gasteiger partial charge in [0.2, 0.25) is 0 Å². The number of benzene rings is 2. The number of anilines is 1. The summed E-state index contributed by atoms with van der Waals surface area (Å²) in [4.78, 5) is 14.1. The summed E-state index contributed by atoms with van der Waals surface area (Å²) in [6.45, 7) is 6.19. The van der Waals surface area contributed by atoms with Crippen LogP contribution in [0.2, 0.25) is 0 Å². The van der Waals surface area contributed by atoms with Crippen LogP contribution in [0.5, 0.6) is 5.75 Å². The van der Waals surface area contributed by atoms with E-state index in [1.54, 1.807) is 11.9 Å². The summed E-state index contributed by atoms with van der Waals surface area (Å²) in [6, 6.07) is 15.3. The van der Waals surface area contributed by atoms with Crippen LogP contribution in [0, 0.1) is 0 Å². The van der Waals surface area contributed by atoms with Crippen molar-refractivity contribution >= 4 is 11.7 Å². The number of hydrogen-bond donors (Lipinski definition) is 1. The minimum atomic E-state index is -0.155. The molecule has 0 fully saturated rings. The first-order valence-electron chi connectivity index (χ1n) is 8.53. The molecular formula is C20H26N2O3. The maximum atomic E-state index is 12.5. The van der Waals surface area contributed by atoms with Crippen molar-refractivity contribution in [3.05, 3.63) is 59.7 Å². The highest BCUT2D eigenvalue weighted by atomic mass is 16.5. The molecule has 5 nitrogen and oxygen atoms in total. The number of urea groups is 1. The first kappa shape index (κ1) is 18.8. The standard InChI is InChI=1S/C20H26N2O3/c1-4-24-15-17-8-6-7-9-19(17)21-20(23)22(3)14-16-10-12-18(13-11-16)25-5-2/h6-13H,4-5,14-15H2,1-3H3,(H,21,23). The Morgan fingerprint density at radius 3 is 2.44 bits per heavy atom. The Morgan fingerprint density at radius 2 is 1.76 bits per heavy atom. The molecule has 2 aromatic carbocycles. The van der Waals surface area contributed by atoms with Gasteiger partial charge < -0.3 is 19.7 Å². The summed E-state index contributed by atoms with van der Waals surface area (Å²) in [5.41, 5.74) is 2.79. The molecule has 0 heterocycles. The molecule has 2 aromatic rings. The Bertz CT molecular complexity index is 671. The first-order valence-corrected chi connectivity index (χ1v) is 8.53. The van der Waals surface area contributed by atoms with E-state index in [4.69, 9.17) is 9.47 Å². The lowest BCUT2D eigenvalue weighted by atomic mass is 10.2. The van der Waals surface area contributed by atoms with Gasteiger partial charge in [-0.2, -0.15) is 0 Å². The molecule has 0 spiro atoms. The van der Waals surface area contributed by atoms with Gasteiger partial charge in [0.25, 0.3) is 0 Å². The molecule has 2 amide bonds. The fourth-order valence-corrected chi connectivity index (χ4v) is 2.39. The van der Waals surface area contributed by atoms with Gasteiger partial charge in [-0.15, -0.1) is 0 Å². The van der Waals surface area contributed by atoms with Gasteiger partial charge in [0, 0.05) is 31.5 Å². The van der Waals surface area contributed by atoms with Gasteiger partial charge in [-0.25, -0.2) is 4.79 Å². The van der Waals surface area contributed by atoms with Gasteiger partial charge in [-0.1, -0.05) is 30.3 Å². The lowest BCUT2D eigenvalue weighted by molar-refractivity contribution is 0.134. The Kier molecular flexibility index (Phi) is 7.29. The minimum Gasteiger partial charge on any atom is -0.494 e. The quantitative estimate of drug-likeness (QED) is 0.779. The fraction of sp³-hybridized carbons (Fsp3) is 0.350. The predicted octanol–water partition coefficient (Wildman–Crippen LogP) is 4.29. The maximum absolute atomic E-state index is 12.5. The summed E-state index contributed by atoms with van der Waals surface area (Å²) >= 11 is 0. The Hall–Kier alpha value is -2.53. The van der Waals surface area contributed by atoms with E-state index in [1.165, 1.54) is 0 Å². The van der Waals surface area contributed by atoms with Crippen LogP contribution in [0.1, 0.15) is 25.0 Å². The van der Waals surface area contributed by atoms with Crippen molar-refractivity contribution in [2.75, 3.05) is 25.6 Å². The van der Waals surface area contributed by atoms with E-state index in [9.17, 15) is 4.79 Å². The van der Waals surface area contributed by atoms with Crippen molar-refractivity contribution in [2.45, 2.75) is 27.0 Å². The SMILES string of the molecule is CCOCc1ccccc1NC(=O)N(C)Cc1ccc(OCC)cc1. The van der Waals surface area contributed by atoms with Crippen molar-refractivity contribution in [2.24, 2.45) is 0 Å². The molecule has 0 aliphatic rings.